The first kappa shape index (κ1) is 20.6. The number of carbonyl (C=O) groups is 1. The zero-order chi connectivity index (χ0) is 17.5. The third-order valence-electron chi connectivity index (χ3n) is 3.24. The van der Waals surface area contributed by atoms with Gasteiger partial charge in [0, 0.05) is 27.8 Å². The van der Waals surface area contributed by atoms with Crippen LogP contribution in [0.25, 0.3) is 10.9 Å². The van der Waals surface area contributed by atoms with E-state index in [1.54, 1.807) is 30.3 Å². The first-order chi connectivity index (χ1) is 11.5. The molecule has 0 saturated heterocycles. The van der Waals surface area contributed by atoms with Gasteiger partial charge in [0.25, 0.3) is 0 Å². The summed E-state index contributed by atoms with van der Waals surface area (Å²) in [4.78, 5) is 13.3. The lowest BCUT2D eigenvalue weighted by Gasteiger charge is -1.98. The van der Waals surface area contributed by atoms with Crippen molar-refractivity contribution in [1.82, 2.24) is 4.98 Å². The number of H-pyrrole nitrogens is 1. The lowest BCUT2D eigenvalue weighted by atomic mass is 10.1. The van der Waals surface area contributed by atoms with Crippen molar-refractivity contribution in [3.63, 3.8) is 0 Å². The summed E-state index contributed by atoms with van der Waals surface area (Å²) < 4.78 is 0. The van der Waals surface area contributed by atoms with E-state index in [-0.39, 0.29) is 12.4 Å². The van der Waals surface area contributed by atoms with Gasteiger partial charge in [-0.15, -0.1) is 12.4 Å². The number of halogens is 2. The fourth-order valence-corrected chi connectivity index (χ4v) is 2.41. The predicted octanol–water partition coefficient (Wildman–Crippen LogP) is 4.23. The number of nitrogens with one attached hydrogen (secondary N) is 2. The molecule has 3 aromatic rings. The number of aromatic nitrogens is 1. The molecule has 0 aliphatic rings. The van der Waals surface area contributed by atoms with Crippen molar-refractivity contribution < 1.29 is 15.0 Å². The van der Waals surface area contributed by atoms with Gasteiger partial charge in [-0.3, -0.25) is 5.32 Å². The predicted molar refractivity (Wildman–Crippen MR) is 103 cm³/mol. The summed E-state index contributed by atoms with van der Waals surface area (Å²) in [7, 11) is 0. The largest absolute Gasteiger partial charge is 0.508 e. The highest BCUT2D eigenvalue weighted by Crippen LogP contribution is 2.22. The van der Waals surface area contributed by atoms with E-state index < -0.39 is 6.09 Å². The van der Waals surface area contributed by atoms with Crippen LogP contribution in [-0.4, -0.2) is 27.8 Å². The normalized spacial score (nSPS) is 9.68. The lowest BCUT2D eigenvalue weighted by molar-refractivity contribution is 0.210. The number of fused-ring (bicyclic) bond motifs is 1. The summed E-state index contributed by atoms with van der Waals surface area (Å²) >= 11 is 5.60. The fraction of sp³-hybridized carbons (Fsp3) is 0.118. The Hall–Kier alpha value is -2.41. The average Bonchev–Trinajstić information content (AvgIpc) is 2.90. The number of anilines is 1. The number of carboxylic acid groups (broad SMARTS) is 1. The van der Waals surface area contributed by atoms with Gasteiger partial charge in [-0.25, -0.2) is 4.79 Å². The number of hydrogen-bond acceptors (Lipinski definition) is 3. The molecular weight excluding hydrogens is 365 g/mol. The number of nitrogens with two attached hydrogens (primary N) is 1. The summed E-state index contributed by atoms with van der Waals surface area (Å²) in [5.41, 5.74) is 8.15. The van der Waals surface area contributed by atoms with Gasteiger partial charge in [-0.1, -0.05) is 17.7 Å². The number of hydrogen-bond donors (Lipinski definition) is 5. The Labute approximate surface area is 156 Å². The minimum Gasteiger partial charge on any atom is -0.508 e. The molecule has 0 spiro atoms. The van der Waals surface area contributed by atoms with E-state index >= 15 is 0 Å². The highest BCUT2D eigenvalue weighted by atomic mass is 35.5. The summed E-state index contributed by atoms with van der Waals surface area (Å²) in [6, 6.07) is 11.8. The maximum atomic E-state index is 10.1. The fourth-order valence-electron chi connectivity index (χ4n) is 2.22. The van der Waals surface area contributed by atoms with Crippen LogP contribution in [0.4, 0.5) is 10.5 Å². The molecule has 1 amide bonds. The summed E-state index contributed by atoms with van der Waals surface area (Å²) in [5, 5.41) is 21.3. The Kier molecular flexibility index (Phi) is 8.07. The van der Waals surface area contributed by atoms with Crippen molar-refractivity contribution in [2.45, 2.75) is 6.42 Å². The van der Waals surface area contributed by atoms with Crippen LogP contribution < -0.4 is 11.1 Å². The molecule has 0 atom stereocenters. The van der Waals surface area contributed by atoms with Crippen molar-refractivity contribution >= 4 is 46.7 Å². The van der Waals surface area contributed by atoms with Gasteiger partial charge < -0.3 is 20.9 Å². The van der Waals surface area contributed by atoms with E-state index in [9.17, 15) is 9.90 Å². The molecule has 134 valence electrons. The first-order valence-corrected chi connectivity index (χ1v) is 7.62. The molecule has 0 saturated carbocycles. The molecule has 25 heavy (non-hydrogen) atoms. The number of phenolic OH excluding ortho intramolecular Hbond substituents is 1. The zero-order valence-corrected chi connectivity index (χ0v) is 14.8. The number of rotatable bonds is 3. The third kappa shape index (κ3) is 6.19. The Morgan fingerprint density at radius 2 is 2.00 bits per heavy atom. The van der Waals surface area contributed by atoms with Crippen LogP contribution in [0.1, 0.15) is 5.56 Å². The Balaban J connectivity index is 0.000000244. The first-order valence-electron chi connectivity index (χ1n) is 7.24. The summed E-state index contributed by atoms with van der Waals surface area (Å²) in [6.07, 6.45) is 1.69. The van der Waals surface area contributed by atoms with Crippen LogP contribution in [0.15, 0.2) is 48.7 Å². The number of amides is 1. The minimum absolute atomic E-state index is 0. The van der Waals surface area contributed by atoms with Crippen LogP contribution in [0.2, 0.25) is 5.02 Å². The second-order valence-corrected chi connectivity index (χ2v) is 5.46. The molecule has 2 aromatic carbocycles. The Morgan fingerprint density at radius 1 is 1.24 bits per heavy atom. The van der Waals surface area contributed by atoms with E-state index in [2.05, 4.69) is 10.3 Å². The van der Waals surface area contributed by atoms with Gasteiger partial charge in [0.15, 0.2) is 0 Å². The standard InChI is InChI=1S/C10H12N2O.C7H6ClNO2.ClH/c11-4-3-7-6-12-10-2-1-8(13)5-9(7)10;8-5-2-1-3-6(4-5)9-7(10)11;/h1-2,5-6,12-13H,3-4,11H2;1-4,9H,(H,10,11);1H. The molecule has 1 heterocycles. The van der Waals surface area contributed by atoms with Gasteiger partial charge >= 0.3 is 6.09 Å². The van der Waals surface area contributed by atoms with Gasteiger partial charge in [0.2, 0.25) is 0 Å². The van der Waals surface area contributed by atoms with Gasteiger partial charge in [-0.2, -0.15) is 0 Å². The van der Waals surface area contributed by atoms with Gasteiger partial charge in [-0.05, 0) is 54.9 Å². The SMILES string of the molecule is Cl.NCCc1c[nH]c2ccc(O)cc12.O=C(O)Nc1cccc(Cl)c1. The third-order valence-corrected chi connectivity index (χ3v) is 3.48. The topological polar surface area (TPSA) is 111 Å². The van der Waals surface area contributed by atoms with Gasteiger partial charge in [0.05, 0.1) is 0 Å². The minimum atomic E-state index is -1.09. The van der Waals surface area contributed by atoms with Crippen LogP contribution >= 0.6 is 24.0 Å². The molecule has 8 heteroatoms. The van der Waals surface area contributed by atoms with Crippen molar-refractivity contribution in [2.75, 3.05) is 11.9 Å². The molecule has 0 aliphatic heterocycles. The molecule has 6 N–H and O–H groups in total. The average molecular weight is 384 g/mol. The molecular formula is C17H19Cl2N3O3. The molecule has 0 fully saturated rings. The molecule has 0 unspecified atom stereocenters. The van der Waals surface area contributed by atoms with E-state index in [1.165, 1.54) is 6.07 Å². The number of aromatic hydroxyl groups is 1. The van der Waals surface area contributed by atoms with E-state index in [0.29, 0.717) is 23.0 Å². The number of aromatic amines is 1. The maximum Gasteiger partial charge on any atom is 0.409 e. The van der Waals surface area contributed by atoms with Crippen LogP contribution in [-0.2, 0) is 6.42 Å². The second-order valence-electron chi connectivity index (χ2n) is 5.02. The van der Waals surface area contributed by atoms with Crippen LogP contribution in [0.5, 0.6) is 5.75 Å². The molecule has 0 bridgehead atoms. The van der Waals surface area contributed by atoms with Crippen molar-refractivity contribution in [1.29, 1.82) is 0 Å². The molecule has 0 aliphatic carbocycles. The van der Waals surface area contributed by atoms with E-state index in [4.69, 9.17) is 22.4 Å². The molecule has 3 rings (SSSR count). The monoisotopic (exact) mass is 383 g/mol. The number of benzene rings is 2. The van der Waals surface area contributed by atoms with E-state index in [0.717, 1.165) is 22.9 Å². The number of phenols is 1. The molecule has 6 nitrogen and oxygen atoms in total. The smallest absolute Gasteiger partial charge is 0.409 e. The van der Waals surface area contributed by atoms with Crippen LogP contribution in [0.3, 0.4) is 0 Å². The second kappa shape index (κ2) is 9.78. The quantitative estimate of drug-likeness (QED) is 0.465. The van der Waals surface area contributed by atoms with Gasteiger partial charge in [0.1, 0.15) is 5.75 Å². The maximum absolute atomic E-state index is 10.1. The highest BCUT2D eigenvalue weighted by Gasteiger charge is 2.02. The highest BCUT2D eigenvalue weighted by molar-refractivity contribution is 6.30. The van der Waals surface area contributed by atoms with E-state index in [1.807, 2.05) is 12.3 Å². The van der Waals surface area contributed by atoms with Crippen molar-refractivity contribution in [3.8, 4) is 5.75 Å². The van der Waals surface area contributed by atoms with Crippen molar-refractivity contribution in [2.24, 2.45) is 5.73 Å². The molecule has 1 aromatic heterocycles. The molecule has 0 radical (unpaired) electrons. The zero-order valence-electron chi connectivity index (χ0n) is 13.2. The lowest BCUT2D eigenvalue weighted by Crippen LogP contribution is -2.06. The summed E-state index contributed by atoms with van der Waals surface area (Å²) in [6.45, 7) is 0.628. The Bertz CT molecular complexity index is 837. The summed E-state index contributed by atoms with van der Waals surface area (Å²) in [5.74, 6) is 0.297. The van der Waals surface area contributed by atoms with Crippen molar-refractivity contribution in [3.05, 3.63) is 59.2 Å². The Morgan fingerprint density at radius 3 is 2.64 bits per heavy atom. The van der Waals surface area contributed by atoms with Crippen LogP contribution in [0, 0.1) is 0 Å².